The molecule has 3 rings (SSSR count). The minimum absolute atomic E-state index is 0.632. The highest BCUT2D eigenvalue weighted by molar-refractivity contribution is 5.60. The lowest BCUT2D eigenvalue weighted by atomic mass is 9.88. The molecule has 2 nitrogen and oxygen atoms in total. The van der Waals surface area contributed by atoms with Gasteiger partial charge in [-0.3, -0.25) is 4.98 Å². The molecule has 184 valence electrons. The summed E-state index contributed by atoms with van der Waals surface area (Å²) >= 11 is 0. The van der Waals surface area contributed by atoms with E-state index in [1.165, 1.54) is 75.3 Å². The number of aryl methyl sites for hydroxylation is 1. The van der Waals surface area contributed by atoms with Gasteiger partial charge < -0.3 is 4.74 Å². The summed E-state index contributed by atoms with van der Waals surface area (Å²) in [6, 6.07) is 12.8. The average molecular weight is 460 g/mol. The first-order valence-corrected chi connectivity index (χ1v) is 13.6. The SMILES string of the molecule is CCCCCCCCc1ccc(-c2ccc(OCC3CC=C(CCC=C(C)C)CC3)cc2)nc1. The number of aromatic nitrogens is 1. The van der Waals surface area contributed by atoms with Gasteiger partial charge in [0.05, 0.1) is 12.3 Å². The molecule has 0 N–H and O–H groups in total. The van der Waals surface area contributed by atoms with E-state index >= 15 is 0 Å². The van der Waals surface area contributed by atoms with Crippen LogP contribution in [0.5, 0.6) is 5.75 Å². The van der Waals surface area contributed by atoms with E-state index in [1.807, 2.05) is 0 Å². The van der Waals surface area contributed by atoms with Crippen molar-refractivity contribution in [1.82, 2.24) is 4.98 Å². The Morgan fingerprint density at radius 2 is 1.76 bits per heavy atom. The third kappa shape index (κ3) is 9.49. The lowest BCUT2D eigenvalue weighted by molar-refractivity contribution is 0.237. The van der Waals surface area contributed by atoms with Crippen LogP contribution < -0.4 is 4.74 Å². The maximum absolute atomic E-state index is 6.12. The van der Waals surface area contributed by atoms with Gasteiger partial charge in [0.2, 0.25) is 0 Å². The van der Waals surface area contributed by atoms with E-state index in [2.05, 4.69) is 75.5 Å². The molecule has 34 heavy (non-hydrogen) atoms. The summed E-state index contributed by atoms with van der Waals surface area (Å²) in [5, 5.41) is 0. The number of rotatable bonds is 14. The molecule has 0 radical (unpaired) electrons. The van der Waals surface area contributed by atoms with Crippen LogP contribution in [0.1, 0.15) is 97.0 Å². The molecule has 1 atom stereocenters. The Bertz CT molecular complexity index is 888. The Hall–Kier alpha value is -2.35. The standard InChI is InChI=1S/C32H45NO/c1-4-5-6-7-8-9-12-28-18-23-32(33-24-28)30-19-21-31(22-20-30)34-25-29-16-14-27(15-17-29)13-10-11-26(2)3/h11,14,18-24,29H,4-10,12-13,15-17,25H2,1-3H3. The number of nitrogens with zero attached hydrogens (tertiary/aromatic N) is 1. The summed E-state index contributed by atoms with van der Waals surface area (Å²) in [4.78, 5) is 4.71. The third-order valence-corrected chi connectivity index (χ3v) is 6.91. The molecule has 1 unspecified atom stereocenters. The Balaban J connectivity index is 1.39. The topological polar surface area (TPSA) is 22.1 Å². The maximum Gasteiger partial charge on any atom is 0.119 e. The summed E-state index contributed by atoms with van der Waals surface area (Å²) < 4.78 is 6.12. The molecule has 0 bridgehead atoms. The number of benzene rings is 1. The van der Waals surface area contributed by atoms with Gasteiger partial charge in [-0.15, -0.1) is 0 Å². The number of unbranched alkanes of at least 4 members (excludes halogenated alkanes) is 5. The fraction of sp³-hybridized carbons (Fsp3) is 0.531. The molecule has 0 spiro atoms. The molecule has 1 heterocycles. The predicted molar refractivity (Wildman–Crippen MR) is 146 cm³/mol. The van der Waals surface area contributed by atoms with E-state index in [1.54, 1.807) is 5.57 Å². The minimum Gasteiger partial charge on any atom is -0.493 e. The first-order chi connectivity index (χ1) is 16.6. The van der Waals surface area contributed by atoms with Crippen LogP contribution >= 0.6 is 0 Å². The molecule has 0 saturated carbocycles. The molecule has 0 amide bonds. The van der Waals surface area contributed by atoms with Crippen LogP contribution in [0.2, 0.25) is 0 Å². The zero-order chi connectivity index (χ0) is 24.0. The van der Waals surface area contributed by atoms with E-state index in [4.69, 9.17) is 9.72 Å². The fourth-order valence-electron chi connectivity index (χ4n) is 4.66. The van der Waals surface area contributed by atoms with Crippen molar-refractivity contribution in [1.29, 1.82) is 0 Å². The second-order valence-corrected chi connectivity index (χ2v) is 10.2. The van der Waals surface area contributed by atoms with Crippen molar-refractivity contribution in [3.8, 4) is 17.0 Å². The van der Waals surface area contributed by atoms with Gasteiger partial charge in [-0.2, -0.15) is 0 Å². The van der Waals surface area contributed by atoms with Crippen molar-refractivity contribution in [3.63, 3.8) is 0 Å². The smallest absolute Gasteiger partial charge is 0.119 e. The highest BCUT2D eigenvalue weighted by Gasteiger charge is 2.15. The molecular formula is C32H45NO. The summed E-state index contributed by atoms with van der Waals surface area (Å²) in [6.45, 7) is 7.44. The van der Waals surface area contributed by atoms with E-state index in [-0.39, 0.29) is 0 Å². The number of hydrogen-bond donors (Lipinski definition) is 0. The van der Waals surface area contributed by atoms with Crippen molar-refractivity contribution in [2.45, 2.75) is 97.8 Å². The summed E-state index contributed by atoms with van der Waals surface area (Å²) in [5.74, 6) is 1.59. The van der Waals surface area contributed by atoms with Gasteiger partial charge in [-0.1, -0.05) is 68.4 Å². The fourth-order valence-corrected chi connectivity index (χ4v) is 4.66. The minimum atomic E-state index is 0.632. The Morgan fingerprint density at radius 1 is 0.971 bits per heavy atom. The average Bonchev–Trinajstić information content (AvgIpc) is 2.86. The predicted octanol–water partition coefficient (Wildman–Crippen LogP) is 9.50. The first-order valence-electron chi connectivity index (χ1n) is 13.6. The van der Waals surface area contributed by atoms with Gasteiger partial charge >= 0.3 is 0 Å². The first kappa shape index (κ1) is 26.3. The lowest BCUT2D eigenvalue weighted by Crippen LogP contribution is -2.14. The van der Waals surface area contributed by atoms with Crippen LogP contribution in [0, 0.1) is 5.92 Å². The maximum atomic E-state index is 6.12. The van der Waals surface area contributed by atoms with Gasteiger partial charge in [0.25, 0.3) is 0 Å². The molecule has 2 aromatic rings. The molecule has 1 aliphatic carbocycles. The number of pyridine rings is 1. The number of hydrogen-bond acceptors (Lipinski definition) is 2. The van der Waals surface area contributed by atoms with Crippen LogP contribution in [0.3, 0.4) is 0 Å². The highest BCUT2D eigenvalue weighted by Crippen LogP contribution is 2.28. The van der Waals surface area contributed by atoms with Crippen LogP contribution in [0.25, 0.3) is 11.3 Å². The molecule has 0 fully saturated rings. The van der Waals surface area contributed by atoms with E-state index in [9.17, 15) is 0 Å². The van der Waals surface area contributed by atoms with Gasteiger partial charge in [0.15, 0.2) is 0 Å². The van der Waals surface area contributed by atoms with Crippen LogP contribution in [-0.4, -0.2) is 11.6 Å². The van der Waals surface area contributed by atoms with Crippen LogP contribution in [0.15, 0.2) is 65.9 Å². The van der Waals surface area contributed by atoms with E-state index in [0.29, 0.717) is 5.92 Å². The molecular weight excluding hydrogens is 414 g/mol. The van der Waals surface area contributed by atoms with Gasteiger partial charge in [-0.05, 0) is 101 Å². The van der Waals surface area contributed by atoms with E-state index < -0.39 is 0 Å². The quantitative estimate of drug-likeness (QED) is 0.207. The van der Waals surface area contributed by atoms with Crippen LogP contribution in [-0.2, 0) is 6.42 Å². The largest absolute Gasteiger partial charge is 0.493 e. The summed E-state index contributed by atoms with van der Waals surface area (Å²) in [6.07, 6.45) is 22.0. The highest BCUT2D eigenvalue weighted by atomic mass is 16.5. The normalized spacial score (nSPS) is 15.6. The molecule has 0 saturated heterocycles. The number of allylic oxidation sites excluding steroid dienone is 4. The second kappa shape index (κ2) is 14.8. The molecule has 1 aromatic heterocycles. The lowest BCUT2D eigenvalue weighted by Gasteiger charge is -2.22. The zero-order valence-corrected chi connectivity index (χ0v) is 21.8. The monoisotopic (exact) mass is 459 g/mol. The van der Waals surface area contributed by atoms with Crippen LogP contribution in [0.4, 0.5) is 0 Å². The van der Waals surface area contributed by atoms with Crippen molar-refractivity contribution >= 4 is 0 Å². The molecule has 0 aliphatic heterocycles. The second-order valence-electron chi connectivity index (χ2n) is 10.2. The van der Waals surface area contributed by atoms with Gasteiger partial charge in [-0.25, -0.2) is 0 Å². The Labute approximate surface area is 208 Å². The molecule has 2 heteroatoms. The van der Waals surface area contributed by atoms with Crippen molar-refractivity contribution < 1.29 is 4.74 Å². The van der Waals surface area contributed by atoms with Crippen molar-refractivity contribution in [3.05, 3.63) is 71.5 Å². The molecule has 1 aromatic carbocycles. The Kier molecular flexibility index (Phi) is 11.4. The van der Waals surface area contributed by atoms with Crippen molar-refractivity contribution in [2.75, 3.05) is 6.61 Å². The third-order valence-electron chi connectivity index (χ3n) is 6.91. The summed E-state index contributed by atoms with van der Waals surface area (Å²) in [7, 11) is 0. The van der Waals surface area contributed by atoms with Crippen molar-refractivity contribution in [2.24, 2.45) is 5.92 Å². The molecule has 1 aliphatic rings. The number of ether oxygens (including phenoxy) is 1. The Morgan fingerprint density at radius 3 is 2.44 bits per heavy atom. The van der Waals surface area contributed by atoms with Gasteiger partial charge in [0, 0.05) is 11.8 Å². The van der Waals surface area contributed by atoms with E-state index in [0.717, 1.165) is 36.5 Å². The zero-order valence-electron chi connectivity index (χ0n) is 21.8. The van der Waals surface area contributed by atoms with Gasteiger partial charge in [0.1, 0.15) is 5.75 Å². The summed E-state index contributed by atoms with van der Waals surface area (Å²) in [5.41, 5.74) is 6.59.